The lowest BCUT2D eigenvalue weighted by Crippen LogP contribution is -2.39. The van der Waals surface area contributed by atoms with Crippen LogP contribution in [0.25, 0.3) is 0 Å². The van der Waals surface area contributed by atoms with Crippen molar-refractivity contribution in [2.45, 2.75) is 43.5 Å². The summed E-state index contributed by atoms with van der Waals surface area (Å²) in [5.41, 5.74) is -0.622. The third kappa shape index (κ3) is 3.86. The molecule has 10 heteroatoms. The maximum atomic E-state index is 13.0. The number of hydrogen-bond acceptors (Lipinski definition) is 8. The van der Waals surface area contributed by atoms with E-state index in [0.29, 0.717) is 5.92 Å². The lowest BCUT2D eigenvalue weighted by atomic mass is 9.86. The van der Waals surface area contributed by atoms with E-state index in [-0.39, 0.29) is 5.92 Å². The number of alkyl halides is 2. The first-order chi connectivity index (χ1) is 10.3. The molecule has 0 aromatic carbocycles. The van der Waals surface area contributed by atoms with Gasteiger partial charge in [-0.15, -0.1) is 0 Å². The van der Waals surface area contributed by atoms with Crippen LogP contribution in [-0.2, 0) is 28.4 Å². The number of hydrogen-bond donors (Lipinski definition) is 0. The van der Waals surface area contributed by atoms with Crippen LogP contribution in [0.3, 0.4) is 0 Å². The molecule has 2 bridgehead atoms. The molecule has 2 rings (SSSR count). The summed E-state index contributed by atoms with van der Waals surface area (Å²) in [6.07, 6.45) is 3.80. The highest BCUT2D eigenvalue weighted by Crippen LogP contribution is 2.52. The Morgan fingerprint density at radius 2 is 2.14 bits per heavy atom. The molecule has 2 fully saturated rings. The molecule has 0 N–H and O–H groups in total. The summed E-state index contributed by atoms with van der Waals surface area (Å²) < 4.78 is 39.0. The monoisotopic (exact) mass is 341 g/mol. The number of fused-ring (bicyclic) bond motifs is 2. The molecular weight excluding hydrogens is 326 g/mol. The minimum Gasteiger partial charge on any atom is -0.691 e. The van der Waals surface area contributed by atoms with Gasteiger partial charge in [0.25, 0.3) is 0 Å². The minimum absolute atomic E-state index is 0.261. The van der Waals surface area contributed by atoms with Crippen molar-refractivity contribution >= 4 is 24.0 Å². The van der Waals surface area contributed by atoms with E-state index < -0.39 is 41.4 Å². The molecule has 126 valence electrons. The van der Waals surface area contributed by atoms with Crippen LogP contribution in [-0.4, -0.2) is 29.4 Å². The fourth-order valence-corrected chi connectivity index (χ4v) is 3.51. The average molecular weight is 341 g/mol. The highest BCUT2D eigenvalue weighted by Gasteiger charge is 2.51. The Bertz CT molecular complexity index is 447. The Kier molecular flexibility index (Phi) is 5.25. The number of carbonyl (C=O) groups is 2. The number of halogens is 2. The average Bonchev–Trinajstić information content (AvgIpc) is 3.02. The van der Waals surface area contributed by atoms with E-state index in [1.54, 1.807) is 6.92 Å². The Balaban J connectivity index is 1.77. The van der Waals surface area contributed by atoms with E-state index in [9.17, 15) is 23.6 Å². The van der Waals surface area contributed by atoms with Crippen molar-refractivity contribution < 1.29 is 42.5 Å². The summed E-state index contributed by atoms with van der Waals surface area (Å²) in [5, 5.41) is 8.01. The first kappa shape index (κ1) is 17.4. The topological polar surface area (TPSA) is 94.1 Å². The Morgan fingerprint density at radius 1 is 1.41 bits per heavy atom. The van der Waals surface area contributed by atoms with Crippen molar-refractivity contribution in [2.75, 3.05) is 6.61 Å². The Morgan fingerprint density at radius 3 is 2.68 bits per heavy atom. The van der Waals surface area contributed by atoms with Gasteiger partial charge in [0.1, 0.15) is 17.6 Å². The smallest absolute Gasteiger partial charge is 0.415 e. The van der Waals surface area contributed by atoms with Crippen LogP contribution in [0.2, 0.25) is 0 Å². The Labute approximate surface area is 129 Å². The van der Waals surface area contributed by atoms with Crippen LogP contribution in [0.1, 0.15) is 32.6 Å². The molecule has 0 aromatic rings. The summed E-state index contributed by atoms with van der Waals surface area (Å²) in [7, 11) is 0. The number of esters is 2. The molecule has 0 spiro atoms. The highest BCUT2D eigenvalue weighted by molar-refractivity contribution is 7.96. The number of rotatable bonds is 7. The lowest BCUT2D eigenvalue weighted by molar-refractivity contribution is -0.777. The molecule has 0 radical (unpaired) electrons. The lowest BCUT2D eigenvalue weighted by Gasteiger charge is -2.33. The van der Waals surface area contributed by atoms with Gasteiger partial charge in [-0.2, -0.15) is 13.1 Å². The van der Waals surface area contributed by atoms with Crippen molar-refractivity contribution in [2.24, 2.45) is 11.8 Å². The molecule has 22 heavy (non-hydrogen) atoms. The predicted molar refractivity (Wildman–Crippen MR) is 65.6 cm³/mol. The van der Waals surface area contributed by atoms with E-state index in [2.05, 4.69) is 14.1 Å². The van der Waals surface area contributed by atoms with Crippen molar-refractivity contribution in [3.05, 3.63) is 0 Å². The van der Waals surface area contributed by atoms with Gasteiger partial charge in [-0.05, 0) is 44.4 Å². The third-order valence-corrected chi connectivity index (χ3v) is 4.67. The van der Waals surface area contributed by atoms with Crippen LogP contribution in [0.4, 0.5) is 8.78 Å². The van der Waals surface area contributed by atoms with Gasteiger partial charge in [0, 0.05) is 0 Å². The molecule has 2 aliphatic rings. The van der Waals surface area contributed by atoms with Gasteiger partial charge in [-0.3, -0.25) is 5.04 Å². The maximum Gasteiger partial charge on any atom is 0.415 e. The Hall–Kier alpha value is -0.970. The molecule has 7 nitrogen and oxygen atoms in total. The van der Waals surface area contributed by atoms with Gasteiger partial charge in [-0.25, -0.2) is 9.59 Å². The first-order valence-electron chi connectivity index (χ1n) is 6.68. The van der Waals surface area contributed by atoms with Gasteiger partial charge < -0.3 is 14.7 Å². The van der Waals surface area contributed by atoms with E-state index in [0.717, 1.165) is 25.7 Å². The minimum atomic E-state index is -4.17. The van der Waals surface area contributed by atoms with E-state index >= 15 is 0 Å². The number of ether oxygens (including phenoxy) is 2. The molecule has 2 saturated carbocycles. The molecule has 3 atom stereocenters. The van der Waals surface area contributed by atoms with Gasteiger partial charge >= 0.3 is 17.2 Å². The second-order valence-electron chi connectivity index (χ2n) is 5.68. The summed E-state index contributed by atoms with van der Waals surface area (Å²) in [6, 6.07) is 0. The van der Waals surface area contributed by atoms with E-state index in [4.69, 9.17) is 4.74 Å². The van der Waals surface area contributed by atoms with Crippen LogP contribution >= 0.6 is 12.0 Å². The van der Waals surface area contributed by atoms with Gasteiger partial charge in [-0.1, -0.05) is 0 Å². The fourth-order valence-electron chi connectivity index (χ4n) is 3.27. The van der Waals surface area contributed by atoms with Gasteiger partial charge in [0.2, 0.25) is 0 Å². The maximum absolute atomic E-state index is 13.0. The van der Waals surface area contributed by atoms with Crippen LogP contribution in [0.15, 0.2) is 0 Å². The molecule has 2 aliphatic carbocycles. The zero-order valence-electron chi connectivity index (χ0n) is 11.7. The van der Waals surface area contributed by atoms with Crippen LogP contribution < -0.4 is 5.26 Å². The quantitative estimate of drug-likeness (QED) is 0.294. The normalized spacial score (nSPS) is 30.4. The van der Waals surface area contributed by atoms with Crippen LogP contribution in [0.5, 0.6) is 0 Å². The molecule has 0 aromatic heterocycles. The van der Waals surface area contributed by atoms with Crippen molar-refractivity contribution in [3.8, 4) is 0 Å². The molecule has 0 saturated heterocycles. The molecule has 0 heterocycles. The summed E-state index contributed by atoms with van der Waals surface area (Å²) in [5.74, 6) is -2.12. The van der Waals surface area contributed by atoms with Crippen molar-refractivity contribution in [1.29, 1.82) is 0 Å². The molecule has 0 aliphatic heterocycles. The zero-order valence-corrected chi connectivity index (χ0v) is 12.5. The standard InChI is InChI=1S/C12H16F2O7S/c1-11(5-7-2-3-8(11)4-7)19-9(15)6-18-10(16)12(13,14)22-21-20-17/h7-8,17H,2-6H2,1H3/p-1. The highest BCUT2D eigenvalue weighted by atomic mass is 32.2. The first-order valence-corrected chi connectivity index (χ1v) is 7.42. The largest absolute Gasteiger partial charge is 0.691 e. The van der Waals surface area contributed by atoms with E-state index in [1.807, 2.05) is 0 Å². The van der Waals surface area contributed by atoms with Crippen LogP contribution in [0, 0.1) is 11.8 Å². The third-order valence-electron chi connectivity index (χ3n) is 4.17. The van der Waals surface area contributed by atoms with Gasteiger partial charge in [0.05, 0.1) is 0 Å². The van der Waals surface area contributed by atoms with Crippen molar-refractivity contribution in [1.82, 2.24) is 0 Å². The van der Waals surface area contributed by atoms with E-state index in [1.165, 1.54) is 0 Å². The van der Waals surface area contributed by atoms with Crippen molar-refractivity contribution in [3.63, 3.8) is 0 Å². The molecule has 3 unspecified atom stereocenters. The summed E-state index contributed by atoms with van der Waals surface area (Å²) >= 11 is -0.814. The zero-order chi connectivity index (χ0) is 16.4. The second kappa shape index (κ2) is 6.65. The molecular formula is C12H15F2O7S-. The summed E-state index contributed by atoms with van der Waals surface area (Å²) in [6.45, 7) is 0.876. The summed E-state index contributed by atoms with van der Waals surface area (Å²) in [4.78, 5) is 22.8. The predicted octanol–water partition coefficient (Wildman–Crippen LogP) is 1.12. The fraction of sp³-hybridized carbons (Fsp3) is 0.833. The second-order valence-corrected chi connectivity index (χ2v) is 6.49. The molecule has 0 amide bonds. The SMILES string of the molecule is CC1(OC(=O)COC(=O)C(F)(F)SOO[O-])CC2CCC1C2. The van der Waals surface area contributed by atoms with Gasteiger partial charge in [0.15, 0.2) is 6.61 Å². The number of carbonyl (C=O) groups excluding carboxylic acids is 2.